The number of pyridine rings is 1. The number of hydrazone groups is 2. The average molecular weight is 802 g/mol. The number of halogens is 4. The molecule has 0 unspecified atom stereocenters. The third-order valence-electron chi connectivity index (χ3n) is 6.14. The zero-order chi connectivity index (χ0) is 37.1. The first-order valence-electron chi connectivity index (χ1n) is 13.6. The molecule has 1 heterocycles. The van der Waals surface area contributed by atoms with Gasteiger partial charge in [0, 0.05) is 24.2 Å². The van der Waals surface area contributed by atoms with Crippen LogP contribution in [0.25, 0.3) is 0 Å². The lowest BCUT2D eigenvalue weighted by atomic mass is 10.00. The topological polar surface area (TPSA) is 225 Å². The van der Waals surface area contributed by atoms with Gasteiger partial charge < -0.3 is 31.6 Å². The van der Waals surface area contributed by atoms with E-state index in [1.165, 1.54) is 36.4 Å². The first kappa shape index (κ1) is 39.8. The summed E-state index contributed by atoms with van der Waals surface area (Å²) in [6, 6.07) is 9.80. The van der Waals surface area contributed by atoms with Crippen molar-refractivity contribution in [3.05, 3.63) is 85.1 Å². The highest BCUT2D eigenvalue weighted by Crippen LogP contribution is 2.26. The zero-order valence-electron chi connectivity index (χ0n) is 25.7. The van der Waals surface area contributed by atoms with Gasteiger partial charge in [0.05, 0.1) is 56.8 Å². The van der Waals surface area contributed by atoms with Crippen molar-refractivity contribution in [3.8, 4) is 0 Å². The van der Waals surface area contributed by atoms with E-state index in [0.29, 0.717) is 0 Å². The number of aromatic nitrogens is 1. The first-order chi connectivity index (χ1) is 23.6. The molecule has 0 atom stereocenters. The Labute approximate surface area is 315 Å². The van der Waals surface area contributed by atoms with Crippen LogP contribution < -0.4 is 33.0 Å². The summed E-state index contributed by atoms with van der Waals surface area (Å²) in [5.74, 6) is -3.46. The summed E-state index contributed by atoms with van der Waals surface area (Å²) in [7, 11) is 2.19. The maximum atomic E-state index is 13.4. The third kappa shape index (κ3) is 11.2. The summed E-state index contributed by atoms with van der Waals surface area (Å²) in [6.45, 7) is 0. The number of hydrogen-bond acceptors (Lipinski definition) is 11. The largest absolute Gasteiger partial charge is 0.465 e. The van der Waals surface area contributed by atoms with Crippen LogP contribution in [0.5, 0.6) is 0 Å². The van der Waals surface area contributed by atoms with E-state index in [-0.39, 0.29) is 75.6 Å². The number of ether oxygens (including phenoxy) is 2. The van der Waals surface area contributed by atoms with E-state index in [0.717, 1.165) is 20.3 Å². The number of nitrogens with zero attached hydrogens (tertiary/aromatic N) is 3. The van der Waals surface area contributed by atoms with E-state index < -0.39 is 36.6 Å². The van der Waals surface area contributed by atoms with Crippen LogP contribution in [0.3, 0.4) is 0 Å². The SMILES string of the molecule is COC(=O)c1cc(C(=O)OC)c(C/C(=N/NC(N)=S)C(=O)Nc2ccc(Cl)c(Cl)c2)nc1C/C(=N/NC(N)=S)C(=O)Nc1ccc(Cl)c(Cl)c1. The Morgan fingerprint density at radius 1 is 0.680 bits per heavy atom. The van der Waals surface area contributed by atoms with Crippen LogP contribution in [0.1, 0.15) is 32.1 Å². The summed E-state index contributed by atoms with van der Waals surface area (Å²) < 4.78 is 9.83. The highest BCUT2D eigenvalue weighted by molar-refractivity contribution is 7.80. The fraction of sp³-hybridized carbons (Fsp3) is 0.138. The molecule has 0 aliphatic rings. The lowest BCUT2D eigenvalue weighted by Gasteiger charge is -2.16. The lowest BCUT2D eigenvalue weighted by Crippen LogP contribution is -2.33. The van der Waals surface area contributed by atoms with E-state index in [1.807, 2.05) is 0 Å². The van der Waals surface area contributed by atoms with Gasteiger partial charge >= 0.3 is 11.9 Å². The summed E-state index contributed by atoms with van der Waals surface area (Å²) in [5.41, 5.74) is 14.9. The van der Waals surface area contributed by atoms with Gasteiger partial charge in [-0.25, -0.2) is 9.59 Å². The molecular weight excluding hydrogens is 776 g/mol. The van der Waals surface area contributed by atoms with Crippen LogP contribution in [0.2, 0.25) is 20.1 Å². The minimum Gasteiger partial charge on any atom is -0.465 e. The van der Waals surface area contributed by atoms with E-state index >= 15 is 0 Å². The average Bonchev–Trinajstić information content (AvgIpc) is 3.07. The Morgan fingerprint density at radius 2 is 1.06 bits per heavy atom. The third-order valence-corrected chi connectivity index (χ3v) is 7.80. The maximum Gasteiger partial charge on any atom is 0.339 e. The number of esters is 2. The summed E-state index contributed by atoms with van der Waals surface area (Å²) in [5, 5.41) is 13.4. The highest BCUT2D eigenvalue weighted by atomic mass is 35.5. The van der Waals surface area contributed by atoms with Crippen molar-refractivity contribution in [3.63, 3.8) is 0 Å². The number of carbonyl (C=O) groups excluding carboxylic acids is 4. The van der Waals surface area contributed by atoms with Gasteiger partial charge in [0.1, 0.15) is 11.4 Å². The van der Waals surface area contributed by atoms with Gasteiger partial charge in [-0.15, -0.1) is 0 Å². The number of thiocarbonyl (C=S) groups is 2. The first-order valence-corrected chi connectivity index (χ1v) is 15.9. The number of hydrogen-bond donors (Lipinski definition) is 6. The molecule has 0 spiro atoms. The molecule has 0 bridgehead atoms. The number of carbonyl (C=O) groups is 4. The van der Waals surface area contributed by atoms with Crippen LogP contribution in [0, 0.1) is 0 Å². The van der Waals surface area contributed by atoms with E-state index in [9.17, 15) is 19.2 Å². The molecule has 0 aliphatic heterocycles. The minimum absolute atomic E-state index is 0.126. The Morgan fingerprint density at radius 3 is 1.38 bits per heavy atom. The van der Waals surface area contributed by atoms with Gasteiger partial charge in [-0.3, -0.25) is 25.4 Å². The molecule has 0 saturated carbocycles. The number of nitrogens with one attached hydrogen (secondary N) is 4. The molecule has 0 aliphatic carbocycles. The molecule has 262 valence electrons. The van der Waals surface area contributed by atoms with Gasteiger partial charge in [0.25, 0.3) is 11.8 Å². The molecule has 1 aromatic heterocycles. The Balaban J connectivity index is 2.15. The monoisotopic (exact) mass is 799 g/mol. The summed E-state index contributed by atoms with van der Waals surface area (Å²) in [6.07, 6.45) is -0.955. The predicted octanol–water partition coefficient (Wildman–Crippen LogP) is 4.01. The number of benzene rings is 2. The smallest absolute Gasteiger partial charge is 0.339 e. The number of anilines is 2. The molecule has 0 radical (unpaired) electrons. The van der Waals surface area contributed by atoms with E-state index in [2.05, 4.69) is 36.7 Å². The summed E-state index contributed by atoms with van der Waals surface area (Å²) in [4.78, 5) is 57.3. The molecule has 0 saturated heterocycles. The van der Waals surface area contributed by atoms with Crippen molar-refractivity contribution >= 4 is 128 Å². The van der Waals surface area contributed by atoms with Crippen LogP contribution in [-0.2, 0) is 31.9 Å². The van der Waals surface area contributed by atoms with Crippen molar-refractivity contribution in [2.45, 2.75) is 12.8 Å². The van der Waals surface area contributed by atoms with Crippen LogP contribution in [0.4, 0.5) is 11.4 Å². The molecule has 21 heteroatoms. The molecule has 2 amide bonds. The van der Waals surface area contributed by atoms with Crippen LogP contribution >= 0.6 is 70.8 Å². The molecule has 3 aromatic rings. The predicted molar refractivity (Wildman–Crippen MR) is 199 cm³/mol. The van der Waals surface area contributed by atoms with E-state index in [1.54, 1.807) is 0 Å². The molecular formula is C29H25Cl4N9O6S2. The van der Waals surface area contributed by atoms with Crippen molar-refractivity contribution in [2.24, 2.45) is 21.7 Å². The minimum atomic E-state index is -0.933. The van der Waals surface area contributed by atoms with Gasteiger partial charge in [-0.1, -0.05) is 46.4 Å². The molecule has 8 N–H and O–H groups in total. The van der Waals surface area contributed by atoms with E-state index in [4.69, 9.17) is 91.8 Å². The number of amides is 2. The molecule has 0 fully saturated rings. The molecule has 50 heavy (non-hydrogen) atoms. The highest BCUT2D eigenvalue weighted by Gasteiger charge is 2.27. The number of methoxy groups -OCH3 is 2. The van der Waals surface area contributed by atoms with Crippen molar-refractivity contribution in [1.82, 2.24) is 15.8 Å². The fourth-order valence-electron chi connectivity index (χ4n) is 3.89. The van der Waals surface area contributed by atoms with Gasteiger partial charge in [-0.05, 0) is 66.9 Å². The van der Waals surface area contributed by atoms with Crippen molar-refractivity contribution in [1.29, 1.82) is 0 Å². The number of rotatable bonds is 12. The molecule has 15 nitrogen and oxygen atoms in total. The van der Waals surface area contributed by atoms with Gasteiger partial charge in [0.2, 0.25) is 0 Å². The van der Waals surface area contributed by atoms with Crippen LogP contribution in [0.15, 0.2) is 52.7 Å². The number of nitrogens with two attached hydrogens (primary N) is 2. The lowest BCUT2D eigenvalue weighted by molar-refractivity contribution is -0.111. The Hall–Kier alpha value is -4.65. The summed E-state index contributed by atoms with van der Waals surface area (Å²) >= 11 is 33.8. The van der Waals surface area contributed by atoms with Gasteiger partial charge in [0.15, 0.2) is 10.2 Å². The van der Waals surface area contributed by atoms with Crippen molar-refractivity contribution in [2.75, 3.05) is 24.9 Å². The second-order valence-electron chi connectivity index (χ2n) is 9.55. The molecule has 2 aromatic carbocycles. The second-order valence-corrected chi connectivity index (χ2v) is 12.1. The quantitative estimate of drug-likeness (QED) is 0.0660. The fourth-order valence-corrected chi connectivity index (χ4v) is 4.58. The Bertz CT molecular complexity index is 1810. The van der Waals surface area contributed by atoms with Crippen molar-refractivity contribution < 1.29 is 28.7 Å². The zero-order valence-corrected chi connectivity index (χ0v) is 30.4. The Kier molecular flexibility index (Phi) is 14.6. The van der Waals surface area contributed by atoms with Crippen LogP contribution in [-0.4, -0.2) is 64.6 Å². The van der Waals surface area contributed by atoms with Gasteiger partial charge in [-0.2, -0.15) is 10.2 Å². The maximum absolute atomic E-state index is 13.4. The second kappa shape index (κ2) is 18.4. The normalized spacial score (nSPS) is 11.2. The standard InChI is InChI=1S/C29H25Cl4N9O6S2/c1-47-26(45)14-9-15(27(46)48-2)21(11-23(40-42-29(35)50)25(44)37-13-4-6-17(31)19(33)8-13)38-20(14)10-22(39-41-28(34)49)24(43)36-12-3-5-16(30)18(32)7-12/h3-9H,10-11H2,1-2H3,(H,36,43)(H,37,44)(H3,34,41,49)(H3,35,42,50)/b39-22-,40-23-. The molecule has 3 rings (SSSR count).